The number of benzene rings is 1. The summed E-state index contributed by atoms with van der Waals surface area (Å²) in [6.45, 7) is 0. The van der Waals surface area contributed by atoms with Crippen molar-refractivity contribution in [1.29, 1.82) is 0 Å². The highest BCUT2D eigenvalue weighted by atomic mass is 35.5. The van der Waals surface area contributed by atoms with Gasteiger partial charge in [-0.15, -0.1) is 0 Å². The molecule has 7 heteroatoms. The first-order valence-corrected chi connectivity index (χ1v) is 4.74. The molecule has 0 amide bonds. The van der Waals surface area contributed by atoms with Gasteiger partial charge in [-0.05, 0) is 23.7 Å². The van der Waals surface area contributed by atoms with Crippen LogP contribution < -0.4 is 5.63 Å². The molecule has 0 spiro atoms. The van der Waals surface area contributed by atoms with Gasteiger partial charge in [0.15, 0.2) is 0 Å². The number of carbonyl (C=O) groups is 1. The maximum atomic E-state index is 10.8. The first-order chi connectivity index (χ1) is 8.08. The molecule has 0 unspecified atom stereocenters. The van der Waals surface area contributed by atoms with Crippen LogP contribution in [0.25, 0.3) is 11.0 Å². The molecule has 0 saturated heterocycles. The Kier molecular flexibility index (Phi) is 4.36. The SMILES string of the molecule is O=CCl.O=c1ccc2cc([N+](=O)[O-])ccc2o1. The number of nitrogens with zero attached hydrogens (tertiary/aromatic N) is 1. The zero-order chi connectivity index (χ0) is 12.8. The number of rotatable bonds is 1. The Morgan fingerprint density at radius 1 is 1.29 bits per heavy atom. The molecule has 1 heterocycles. The van der Waals surface area contributed by atoms with Crippen molar-refractivity contribution >= 4 is 34.0 Å². The lowest BCUT2D eigenvalue weighted by Gasteiger charge is -1.94. The molecule has 1 aromatic heterocycles. The maximum Gasteiger partial charge on any atom is 0.336 e. The Hall–Kier alpha value is -2.21. The molecule has 1 aromatic carbocycles. The van der Waals surface area contributed by atoms with E-state index in [-0.39, 0.29) is 11.4 Å². The first kappa shape index (κ1) is 12.9. The third-order valence-electron chi connectivity index (χ3n) is 1.81. The quantitative estimate of drug-likeness (QED) is 0.256. The molecule has 0 bridgehead atoms. The second kappa shape index (κ2) is 5.76. The lowest BCUT2D eigenvalue weighted by atomic mass is 10.2. The average Bonchev–Trinajstić information content (AvgIpc) is 2.29. The summed E-state index contributed by atoms with van der Waals surface area (Å²) in [5.41, 5.74) is -0.138. The van der Waals surface area contributed by atoms with E-state index in [9.17, 15) is 14.9 Å². The van der Waals surface area contributed by atoms with E-state index in [2.05, 4.69) is 11.6 Å². The maximum absolute atomic E-state index is 10.8. The molecule has 0 fully saturated rings. The monoisotopic (exact) mass is 255 g/mol. The highest BCUT2D eigenvalue weighted by Crippen LogP contribution is 2.18. The van der Waals surface area contributed by atoms with Gasteiger partial charge in [-0.25, -0.2) is 4.79 Å². The van der Waals surface area contributed by atoms with Crippen molar-refractivity contribution in [2.45, 2.75) is 0 Å². The molecule has 88 valence electrons. The van der Waals surface area contributed by atoms with Crippen LogP contribution in [0.15, 0.2) is 39.5 Å². The molecule has 0 aliphatic carbocycles. The number of halogens is 1. The molecule has 0 saturated carbocycles. The highest BCUT2D eigenvalue weighted by Gasteiger charge is 2.06. The van der Waals surface area contributed by atoms with Crippen LogP contribution in [0, 0.1) is 10.1 Å². The molecular weight excluding hydrogens is 250 g/mol. The van der Waals surface area contributed by atoms with Crippen molar-refractivity contribution in [3.63, 3.8) is 0 Å². The van der Waals surface area contributed by atoms with Crippen LogP contribution >= 0.6 is 11.6 Å². The van der Waals surface area contributed by atoms with Gasteiger partial charge in [0.05, 0.1) is 4.92 Å². The van der Waals surface area contributed by atoms with Crippen LogP contribution in [0.1, 0.15) is 0 Å². The summed E-state index contributed by atoms with van der Waals surface area (Å²) in [7, 11) is 0. The smallest absolute Gasteiger partial charge is 0.336 e. The van der Waals surface area contributed by atoms with E-state index in [1.807, 2.05) is 0 Å². The molecular formula is C10H6ClNO5. The Morgan fingerprint density at radius 3 is 2.53 bits per heavy atom. The molecule has 2 aromatic rings. The van der Waals surface area contributed by atoms with Crippen molar-refractivity contribution in [2.24, 2.45) is 0 Å². The minimum Gasteiger partial charge on any atom is -0.423 e. The zero-order valence-electron chi connectivity index (χ0n) is 8.33. The summed E-state index contributed by atoms with van der Waals surface area (Å²) in [5, 5.41) is 11.0. The largest absolute Gasteiger partial charge is 0.423 e. The second-order valence-electron chi connectivity index (χ2n) is 2.82. The van der Waals surface area contributed by atoms with E-state index in [4.69, 9.17) is 9.21 Å². The van der Waals surface area contributed by atoms with Crippen molar-refractivity contribution in [3.05, 3.63) is 50.9 Å². The number of hydrogen-bond donors (Lipinski definition) is 0. The molecule has 0 aliphatic heterocycles. The number of fused-ring (bicyclic) bond motifs is 1. The van der Waals surface area contributed by atoms with Crippen LogP contribution in [0.5, 0.6) is 0 Å². The van der Waals surface area contributed by atoms with Gasteiger partial charge in [0.2, 0.25) is 5.75 Å². The van der Waals surface area contributed by atoms with Crippen molar-refractivity contribution < 1.29 is 14.1 Å². The number of nitro groups is 1. The van der Waals surface area contributed by atoms with Crippen LogP contribution in [0.2, 0.25) is 0 Å². The van der Waals surface area contributed by atoms with Crippen molar-refractivity contribution in [3.8, 4) is 0 Å². The summed E-state index contributed by atoms with van der Waals surface area (Å²) >= 11 is 4.32. The lowest BCUT2D eigenvalue weighted by molar-refractivity contribution is -0.384. The number of hydrogen-bond acceptors (Lipinski definition) is 5. The normalized spacial score (nSPS) is 9.24. The van der Waals surface area contributed by atoms with Gasteiger partial charge >= 0.3 is 5.63 Å². The topological polar surface area (TPSA) is 90.4 Å². The summed E-state index contributed by atoms with van der Waals surface area (Å²) in [4.78, 5) is 29.3. The Bertz CT molecular complexity index is 607. The fraction of sp³-hybridized carbons (Fsp3) is 0. The lowest BCUT2D eigenvalue weighted by Crippen LogP contribution is -1.94. The van der Waals surface area contributed by atoms with E-state index in [1.165, 1.54) is 30.3 Å². The zero-order valence-corrected chi connectivity index (χ0v) is 9.09. The van der Waals surface area contributed by atoms with Gasteiger partial charge in [0.25, 0.3) is 5.69 Å². The van der Waals surface area contributed by atoms with Gasteiger partial charge < -0.3 is 4.42 Å². The van der Waals surface area contributed by atoms with Gasteiger partial charge in [0, 0.05) is 23.6 Å². The number of carbonyl (C=O) groups excluding carboxylic acids is 1. The van der Waals surface area contributed by atoms with Crippen molar-refractivity contribution in [1.82, 2.24) is 0 Å². The molecule has 0 radical (unpaired) electrons. The predicted octanol–water partition coefficient (Wildman–Crippen LogP) is 2.12. The van der Waals surface area contributed by atoms with Gasteiger partial charge in [-0.1, -0.05) is 0 Å². The summed E-state index contributed by atoms with van der Waals surface area (Å²) < 4.78 is 4.82. The Morgan fingerprint density at radius 2 is 1.94 bits per heavy atom. The van der Waals surface area contributed by atoms with Gasteiger partial charge in [-0.3, -0.25) is 14.9 Å². The third-order valence-corrected chi connectivity index (χ3v) is 1.81. The van der Waals surface area contributed by atoms with Crippen LogP contribution in [0.3, 0.4) is 0 Å². The van der Waals surface area contributed by atoms with Crippen molar-refractivity contribution in [2.75, 3.05) is 0 Å². The average molecular weight is 256 g/mol. The van der Waals surface area contributed by atoms with Crippen LogP contribution in [0.4, 0.5) is 5.69 Å². The van der Waals surface area contributed by atoms with Gasteiger partial charge in [-0.2, -0.15) is 0 Å². The van der Waals surface area contributed by atoms with E-state index in [0.717, 1.165) is 0 Å². The molecule has 0 N–H and O–H groups in total. The van der Waals surface area contributed by atoms with E-state index in [0.29, 0.717) is 11.0 Å². The summed E-state index contributed by atoms with van der Waals surface area (Å²) in [6.07, 6.45) is 0. The number of nitro benzene ring substituents is 1. The van der Waals surface area contributed by atoms with Crippen LogP contribution in [-0.2, 0) is 4.79 Å². The molecule has 17 heavy (non-hydrogen) atoms. The minimum atomic E-state index is -0.495. The Balaban J connectivity index is 0.000000437. The minimum absolute atomic E-state index is 0.0219. The number of non-ortho nitro benzene ring substituents is 1. The third kappa shape index (κ3) is 3.39. The summed E-state index contributed by atoms with van der Waals surface area (Å²) in [5.74, 6) is 0.222. The highest BCUT2D eigenvalue weighted by molar-refractivity contribution is 6.54. The summed E-state index contributed by atoms with van der Waals surface area (Å²) in [6, 6.07) is 6.79. The van der Waals surface area contributed by atoms with E-state index in [1.54, 1.807) is 0 Å². The van der Waals surface area contributed by atoms with Gasteiger partial charge in [0.1, 0.15) is 5.58 Å². The fourth-order valence-electron chi connectivity index (χ4n) is 1.17. The second-order valence-corrected chi connectivity index (χ2v) is 3.00. The Labute approximate surface area is 99.6 Å². The van der Waals surface area contributed by atoms with E-state index < -0.39 is 10.5 Å². The molecule has 0 atom stereocenters. The molecule has 6 nitrogen and oxygen atoms in total. The molecule has 2 rings (SSSR count). The first-order valence-electron chi connectivity index (χ1n) is 4.30. The predicted molar refractivity (Wildman–Crippen MR) is 61.7 cm³/mol. The molecule has 0 aliphatic rings. The van der Waals surface area contributed by atoms with E-state index >= 15 is 0 Å². The standard InChI is InChI=1S/C9H5NO4.CHClO/c11-9-4-1-6-5-7(10(12)13)2-3-8(6)14-9;2-1-3/h1-5H;1H. The van der Waals surface area contributed by atoms with Crippen LogP contribution in [-0.4, -0.2) is 10.7 Å². The fourth-order valence-corrected chi connectivity index (χ4v) is 1.17.